The molecular weight excluding hydrogens is 506 g/mol. The number of rotatable bonds is 8. The van der Waals surface area contributed by atoms with Crippen LogP contribution in [0.2, 0.25) is 0 Å². The molecule has 1 fully saturated rings. The van der Waals surface area contributed by atoms with E-state index in [1.165, 1.54) is 12.0 Å². The van der Waals surface area contributed by atoms with E-state index >= 15 is 0 Å². The smallest absolute Gasteiger partial charge is 0.300 e. The second-order valence-electron chi connectivity index (χ2n) is 10.6. The van der Waals surface area contributed by atoms with E-state index in [1.807, 2.05) is 57.2 Å². The van der Waals surface area contributed by atoms with E-state index in [1.54, 1.807) is 32.4 Å². The third-order valence-corrected chi connectivity index (χ3v) is 7.46. The summed E-state index contributed by atoms with van der Waals surface area (Å²) in [7, 11) is 4.67. The highest BCUT2D eigenvalue weighted by atomic mass is 16.5. The number of amides is 1. The minimum Gasteiger partial charge on any atom is -0.507 e. The Morgan fingerprint density at radius 3 is 1.98 bits per heavy atom. The molecule has 210 valence electrons. The lowest BCUT2D eigenvalue weighted by Crippen LogP contribution is -2.29. The number of nitrogens with zero attached hydrogens (tertiary/aromatic N) is 1. The number of hydrogen-bond donors (Lipinski definition) is 1. The van der Waals surface area contributed by atoms with Crippen molar-refractivity contribution in [1.82, 2.24) is 0 Å². The number of Topliss-reactive ketones (excluding diaryl/α,β-unsaturated/α-hetero) is 1. The van der Waals surface area contributed by atoms with Crippen LogP contribution in [0.25, 0.3) is 5.76 Å². The zero-order chi connectivity index (χ0) is 29.3. The third kappa shape index (κ3) is 5.04. The molecule has 0 aliphatic carbocycles. The predicted octanol–water partition coefficient (Wildman–Crippen LogP) is 6.89. The van der Waals surface area contributed by atoms with Gasteiger partial charge in [-0.3, -0.25) is 14.5 Å². The molecule has 0 bridgehead atoms. The van der Waals surface area contributed by atoms with E-state index < -0.39 is 17.7 Å². The Morgan fingerprint density at radius 1 is 0.800 bits per heavy atom. The number of aryl methyl sites for hydroxylation is 1. The number of methoxy groups -OCH3 is 3. The lowest BCUT2D eigenvalue weighted by Gasteiger charge is -2.26. The highest BCUT2D eigenvalue weighted by Gasteiger charge is 2.47. The fourth-order valence-electron chi connectivity index (χ4n) is 5.18. The summed E-state index contributed by atoms with van der Waals surface area (Å²) in [5, 5.41) is 11.8. The van der Waals surface area contributed by atoms with Gasteiger partial charge in [0.2, 0.25) is 0 Å². The van der Waals surface area contributed by atoms with E-state index in [0.717, 1.165) is 16.7 Å². The minimum atomic E-state index is -0.895. The van der Waals surface area contributed by atoms with Crippen molar-refractivity contribution < 1.29 is 28.9 Å². The fraction of sp³-hybridized carbons (Fsp3) is 0.333. The standard InChI is InChI=1S/C33H37NO6/c1-18(2)21-9-12-23(13-10-21)34-30(22-11-14-26(38-6)28(16-22)40-8)29(32(36)33(34)37)31(35)25-17-24(19(3)4)27(39-7)15-20(25)5/h9-19,30,35H,1-8H3/b31-29+. The maximum Gasteiger partial charge on any atom is 0.300 e. The van der Waals surface area contributed by atoms with E-state index in [9.17, 15) is 14.7 Å². The van der Waals surface area contributed by atoms with Crippen LogP contribution >= 0.6 is 0 Å². The van der Waals surface area contributed by atoms with E-state index in [2.05, 4.69) is 13.8 Å². The van der Waals surface area contributed by atoms with Crippen LogP contribution in [0.15, 0.2) is 60.2 Å². The van der Waals surface area contributed by atoms with Gasteiger partial charge in [-0.05, 0) is 77.4 Å². The maximum absolute atomic E-state index is 13.7. The molecule has 1 unspecified atom stereocenters. The number of hydrogen-bond acceptors (Lipinski definition) is 6. The number of ether oxygens (including phenoxy) is 3. The van der Waals surface area contributed by atoms with Crippen LogP contribution in [0.3, 0.4) is 0 Å². The van der Waals surface area contributed by atoms with Crippen LogP contribution < -0.4 is 19.1 Å². The summed E-state index contributed by atoms with van der Waals surface area (Å²) in [5.41, 5.74) is 4.35. The topological polar surface area (TPSA) is 85.3 Å². The van der Waals surface area contributed by atoms with Crippen LogP contribution in [0, 0.1) is 6.92 Å². The van der Waals surface area contributed by atoms with Crippen molar-refractivity contribution in [3.8, 4) is 17.2 Å². The number of aliphatic hydroxyl groups excluding tert-OH is 1. The van der Waals surface area contributed by atoms with Gasteiger partial charge in [-0.15, -0.1) is 0 Å². The normalized spacial score (nSPS) is 16.6. The van der Waals surface area contributed by atoms with Gasteiger partial charge in [-0.1, -0.05) is 45.9 Å². The average molecular weight is 544 g/mol. The molecule has 1 saturated heterocycles. The number of ketones is 1. The Balaban J connectivity index is 1.99. The van der Waals surface area contributed by atoms with Gasteiger partial charge in [0.25, 0.3) is 11.7 Å². The molecule has 1 heterocycles. The van der Waals surface area contributed by atoms with Gasteiger partial charge in [0, 0.05) is 11.3 Å². The molecule has 7 heteroatoms. The molecule has 0 aromatic heterocycles. The Labute approximate surface area is 236 Å². The Bertz CT molecular complexity index is 1470. The van der Waals surface area contributed by atoms with Crippen molar-refractivity contribution in [3.05, 3.63) is 88.0 Å². The Morgan fingerprint density at radius 2 is 1.43 bits per heavy atom. The Kier molecular flexibility index (Phi) is 8.24. The summed E-state index contributed by atoms with van der Waals surface area (Å²) in [6.45, 7) is 10.1. The van der Waals surface area contributed by atoms with Crippen molar-refractivity contribution >= 4 is 23.1 Å². The van der Waals surface area contributed by atoms with Crippen LogP contribution in [0.5, 0.6) is 17.2 Å². The van der Waals surface area contributed by atoms with Gasteiger partial charge < -0.3 is 19.3 Å². The summed E-state index contributed by atoms with van der Waals surface area (Å²) < 4.78 is 16.5. The molecule has 7 nitrogen and oxygen atoms in total. The third-order valence-electron chi connectivity index (χ3n) is 7.46. The summed E-state index contributed by atoms with van der Waals surface area (Å²) in [6, 6.07) is 15.6. The van der Waals surface area contributed by atoms with Crippen LogP contribution in [-0.4, -0.2) is 38.1 Å². The van der Waals surface area contributed by atoms with Gasteiger partial charge in [-0.25, -0.2) is 0 Å². The first-order chi connectivity index (χ1) is 19.0. The van der Waals surface area contributed by atoms with E-state index in [4.69, 9.17) is 14.2 Å². The molecule has 3 aromatic carbocycles. The summed E-state index contributed by atoms with van der Waals surface area (Å²) in [4.78, 5) is 28.8. The molecule has 1 aliphatic heterocycles. The molecule has 40 heavy (non-hydrogen) atoms. The summed E-state index contributed by atoms with van der Waals surface area (Å²) in [5.74, 6) is 0.360. The molecule has 0 radical (unpaired) electrons. The zero-order valence-electron chi connectivity index (χ0n) is 24.4. The lowest BCUT2D eigenvalue weighted by molar-refractivity contribution is -0.132. The van der Waals surface area contributed by atoms with Gasteiger partial charge in [0.05, 0.1) is 32.9 Å². The molecule has 1 atom stereocenters. The molecular formula is C33H37NO6. The molecule has 4 rings (SSSR count). The first-order valence-corrected chi connectivity index (χ1v) is 13.4. The summed E-state index contributed by atoms with van der Waals surface area (Å²) >= 11 is 0. The highest BCUT2D eigenvalue weighted by molar-refractivity contribution is 6.51. The molecule has 0 spiro atoms. The molecule has 1 N–H and O–H groups in total. The average Bonchev–Trinajstić information content (AvgIpc) is 3.21. The van der Waals surface area contributed by atoms with Gasteiger partial charge in [-0.2, -0.15) is 0 Å². The van der Waals surface area contributed by atoms with Crippen molar-refractivity contribution in [1.29, 1.82) is 0 Å². The van der Waals surface area contributed by atoms with Crippen molar-refractivity contribution in [3.63, 3.8) is 0 Å². The number of aliphatic hydroxyl groups is 1. The second kappa shape index (κ2) is 11.5. The first-order valence-electron chi connectivity index (χ1n) is 13.4. The van der Waals surface area contributed by atoms with Crippen LogP contribution in [0.1, 0.15) is 73.4 Å². The van der Waals surface area contributed by atoms with Crippen LogP contribution in [-0.2, 0) is 9.59 Å². The number of carbonyl (C=O) groups is 2. The first kappa shape index (κ1) is 28.7. The predicted molar refractivity (Wildman–Crippen MR) is 157 cm³/mol. The quantitative estimate of drug-likeness (QED) is 0.189. The van der Waals surface area contributed by atoms with Gasteiger partial charge in [0.15, 0.2) is 11.5 Å². The maximum atomic E-state index is 13.7. The molecule has 0 saturated carbocycles. The monoisotopic (exact) mass is 543 g/mol. The number of carbonyl (C=O) groups excluding carboxylic acids is 2. The van der Waals surface area contributed by atoms with Crippen LogP contribution in [0.4, 0.5) is 5.69 Å². The van der Waals surface area contributed by atoms with Crippen molar-refractivity contribution in [2.24, 2.45) is 0 Å². The fourth-order valence-corrected chi connectivity index (χ4v) is 5.18. The molecule has 1 aliphatic rings. The highest BCUT2D eigenvalue weighted by Crippen LogP contribution is 2.45. The second-order valence-corrected chi connectivity index (χ2v) is 10.6. The lowest BCUT2D eigenvalue weighted by atomic mass is 9.90. The van der Waals surface area contributed by atoms with E-state index in [0.29, 0.717) is 40.0 Å². The Hall–Kier alpha value is -4.26. The van der Waals surface area contributed by atoms with Gasteiger partial charge >= 0.3 is 0 Å². The molecule has 3 aromatic rings. The number of benzene rings is 3. The van der Waals surface area contributed by atoms with Crippen molar-refractivity contribution in [2.75, 3.05) is 26.2 Å². The largest absolute Gasteiger partial charge is 0.507 e. The number of anilines is 1. The van der Waals surface area contributed by atoms with E-state index in [-0.39, 0.29) is 17.3 Å². The van der Waals surface area contributed by atoms with Crippen molar-refractivity contribution in [2.45, 2.75) is 52.5 Å². The zero-order valence-corrected chi connectivity index (χ0v) is 24.4. The SMILES string of the molecule is COc1ccc(C2/C(=C(\O)c3cc(C(C)C)c(OC)cc3C)C(=O)C(=O)N2c2ccc(C(C)C)cc2)cc1OC. The van der Waals surface area contributed by atoms with Gasteiger partial charge in [0.1, 0.15) is 11.5 Å². The summed E-state index contributed by atoms with van der Waals surface area (Å²) in [6.07, 6.45) is 0. The molecule has 1 amide bonds. The minimum absolute atomic E-state index is 0.00753.